The van der Waals surface area contributed by atoms with E-state index >= 15 is 0 Å². The summed E-state index contributed by atoms with van der Waals surface area (Å²) in [5.74, 6) is -0.0739. The monoisotopic (exact) mass is 318 g/mol. The summed E-state index contributed by atoms with van der Waals surface area (Å²) < 4.78 is 23.8. The molecule has 2 aromatic carbocycles. The lowest BCUT2D eigenvalue weighted by atomic mass is 10.1. The van der Waals surface area contributed by atoms with Gasteiger partial charge in [0.2, 0.25) is 0 Å². The van der Waals surface area contributed by atoms with Gasteiger partial charge in [0.05, 0.1) is 5.02 Å². The summed E-state index contributed by atoms with van der Waals surface area (Å²) in [7, 11) is 0. The Hall–Kier alpha value is -2.33. The summed E-state index contributed by atoms with van der Waals surface area (Å²) in [6.07, 6.45) is 0. The highest BCUT2D eigenvalue weighted by Gasteiger charge is 2.08. The van der Waals surface area contributed by atoms with E-state index in [1.807, 2.05) is 19.1 Å². The minimum Gasteiger partial charge on any atom is -0.487 e. The van der Waals surface area contributed by atoms with Gasteiger partial charge in [0.15, 0.2) is 0 Å². The first-order valence-corrected chi connectivity index (χ1v) is 7.02. The summed E-state index contributed by atoms with van der Waals surface area (Å²) in [6, 6.07) is 10.9. The lowest BCUT2D eigenvalue weighted by Gasteiger charge is -2.10. The molecule has 1 aromatic heterocycles. The van der Waals surface area contributed by atoms with E-state index in [0.717, 1.165) is 10.9 Å². The Balaban J connectivity index is 1.95. The Bertz CT molecular complexity index is 902. The number of fused-ring (bicyclic) bond motifs is 1. The van der Waals surface area contributed by atoms with Gasteiger partial charge in [0.25, 0.3) is 0 Å². The molecule has 0 fully saturated rings. The number of ether oxygens (including phenoxy) is 1. The summed E-state index contributed by atoms with van der Waals surface area (Å²) in [5, 5.41) is 0.978. The van der Waals surface area contributed by atoms with Crippen LogP contribution in [0.4, 0.5) is 4.39 Å². The SMILES string of the molecule is Cc1ccc2c(COc3ccc(F)cc3Cl)cc(=O)oc2c1. The quantitative estimate of drug-likeness (QED) is 0.669. The van der Waals surface area contributed by atoms with Crippen LogP contribution in [-0.2, 0) is 6.61 Å². The van der Waals surface area contributed by atoms with Gasteiger partial charge in [-0.2, -0.15) is 0 Å². The van der Waals surface area contributed by atoms with Crippen molar-refractivity contribution in [2.24, 2.45) is 0 Å². The molecule has 0 aliphatic heterocycles. The zero-order valence-corrected chi connectivity index (χ0v) is 12.5. The van der Waals surface area contributed by atoms with Crippen molar-refractivity contribution in [1.82, 2.24) is 0 Å². The third-order valence-corrected chi connectivity index (χ3v) is 3.56. The van der Waals surface area contributed by atoms with Crippen LogP contribution in [0.2, 0.25) is 5.02 Å². The molecule has 3 nitrogen and oxygen atoms in total. The van der Waals surface area contributed by atoms with Crippen molar-refractivity contribution in [3.8, 4) is 5.75 Å². The van der Waals surface area contributed by atoms with Crippen LogP contribution in [0.15, 0.2) is 51.7 Å². The fraction of sp³-hybridized carbons (Fsp3) is 0.118. The molecular weight excluding hydrogens is 307 g/mol. The van der Waals surface area contributed by atoms with Gasteiger partial charge in [0, 0.05) is 17.0 Å². The molecule has 0 unspecified atom stereocenters. The molecule has 0 bridgehead atoms. The largest absolute Gasteiger partial charge is 0.487 e. The summed E-state index contributed by atoms with van der Waals surface area (Å²) >= 11 is 5.92. The van der Waals surface area contributed by atoms with Gasteiger partial charge >= 0.3 is 5.63 Å². The van der Waals surface area contributed by atoms with Crippen LogP contribution in [-0.4, -0.2) is 0 Å². The van der Waals surface area contributed by atoms with Gasteiger partial charge in [-0.1, -0.05) is 23.7 Å². The van der Waals surface area contributed by atoms with Gasteiger partial charge in [-0.3, -0.25) is 0 Å². The third kappa shape index (κ3) is 2.97. The van der Waals surface area contributed by atoms with Gasteiger partial charge in [0.1, 0.15) is 23.8 Å². The average molecular weight is 319 g/mol. The number of hydrogen-bond donors (Lipinski definition) is 0. The zero-order chi connectivity index (χ0) is 15.7. The highest BCUT2D eigenvalue weighted by molar-refractivity contribution is 6.32. The van der Waals surface area contributed by atoms with Crippen LogP contribution in [0.3, 0.4) is 0 Å². The first-order valence-electron chi connectivity index (χ1n) is 6.64. The molecule has 0 spiro atoms. The van der Waals surface area contributed by atoms with Gasteiger partial charge in [-0.25, -0.2) is 9.18 Å². The van der Waals surface area contributed by atoms with Crippen molar-refractivity contribution in [3.63, 3.8) is 0 Å². The van der Waals surface area contributed by atoms with Crippen molar-refractivity contribution in [3.05, 3.63) is 74.9 Å². The van der Waals surface area contributed by atoms with Crippen molar-refractivity contribution in [2.45, 2.75) is 13.5 Å². The van der Waals surface area contributed by atoms with Crippen LogP contribution in [0.1, 0.15) is 11.1 Å². The molecule has 0 radical (unpaired) electrons. The normalized spacial score (nSPS) is 10.9. The number of halogens is 2. The number of aryl methyl sites for hydroxylation is 1. The van der Waals surface area contributed by atoms with Crippen LogP contribution in [0.25, 0.3) is 11.0 Å². The molecule has 1 heterocycles. The lowest BCUT2D eigenvalue weighted by Crippen LogP contribution is -2.04. The fourth-order valence-corrected chi connectivity index (χ4v) is 2.43. The zero-order valence-electron chi connectivity index (χ0n) is 11.7. The van der Waals surface area contributed by atoms with E-state index in [0.29, 0.717) is 16.9 Å². The number of hydrogen-bond acceptors (Lipinski definition) is 3. The Morgan fingerprint density at radius 3 is 2.77 bits per heavy atom. The van der Waals surface area contributed by atoms with Gasteiger partial charge < -0.3 is 9.15 Å². The second-order valence-corrected chi connectivity index (χ2v) is 5.36. The van der Waals surface area contributed by atoms with Crippen molar-refractivity contribution < 1.29 is 13.5 Å². The maximum Gasteiger partial charge on any atom is 0.336 e. The molecule has 0 atom stereocenters. The molecule has 0 amide bonds. The van der Waals surface area contributed by atoms with E-state index < -0.39 is 11.4 Å². The van der Waals surface area contributed by atoms with E-state index in [-0.39, 0.29) is 11.6 Å². The van der Waals surface area contributed by atoms with Gasteiger partial charge in [-0.15, -0.1) is 0 Å². The van der Waals surface area contributed by atoms with Gasteiger partial charge in [-0.05, 0) is 36.8 Å². The second-order valence-electron chi connectivity index (χ2n) is 4.95. The molecule has 3 aromatic rings. The predicted molar refractivity (Wildman–Crippen MR) is 83.0 cm³/mol. The van der Waals surface area contributed by atoms with Crippen molar-refractivity contribution >= 4 is 22.6 Å². The van der Waals surface area contributed by atoms with E-state index in [2.05, 4.69) is 0 Å². The standard InChI is InChI=1S/C17H12ClFO3/c1-10-2-4-13-11(7-17(20)22-16(13)6-10)9-21-15-5-3-12(19)8-14(15)18/h2-8H,9H2,1H3. The van der Waals surface area contributed by atoms with E-state index in [4.69, 9.17) is 20.8 Å². The van der Waals surface area contributed by atoms with E-state index in [1.54, 1.807) is 6.07 Å². The topological polar surface area (TPSA) is 39.4 Å². The summed E-state index contributed by atoms with van der Waals surface area (Å²) in [4.78, 5) is 11.6. The molecule has 22 heavy (non-hydrogen) atoms. The van der Waals surface area contributed by atoms with Crippen molar-refractivity contribution in [1.29, 1.82) is 0 Å². The molecule has 0 saturated carbocycles. The number of benzene rings is 2. The summed E-state index contributed by atoms with van der Waals surface area (Å²) in [5.41, 5.74) is 1.75. The molecule has 0 aliphatic carbocycles. The molecule has 0 saturated heterocycles. The van der Waals surface area contributed by atoms with E-state index in [1.165, 1.54) is 24.3 Å². The maximum atomic E-state index is 13.0. The third-order valence-electron chi connectivity index (χ3n) is 3.26. The highest BCUT2D eigenvalue weighted by Crippen LogP contribution is 2.27. The Morgan fingerprint density at radius 2 is 2.00 bits per heavy atom. The predicted octanol–water partition coefficient (Wildman–Crippen LogP) is 4.47. The van der Waals surface area contributed by atoms with Crippen molar-refractivity contribution in [2.75, 3.05) is 0 Å². The lowest BCUT2D eigenvalue weighted by molar-refractivity contribution is 0.306. The molecule has 0 N–H and O–H groups in total. The van der Waals surface area contributed by atoms with Crippen LogP contribution in [0, 0.1) is 12.7 Å². The maximum absolute atomic E-state index is 13.0. The summed E-state index contributed by atoms with van der Waals surface area (Å²) in [6.45, 7) is 2.05. The highest BCUT2D eigenvalue weighted by atomic mass is 35.5. The van der Waals surface area contributed by atoms with Crippen LogP contribution in [0.5, 0.6) is 5.75 Å². The number of rotatable bonds is 3. The smallest absolute Gasteiger partial charge is 0.336 e. The molecular formula is C17H12ClFO3. The minimum atomic E-state index is -0.443. The fourth-order valence-electron chi connectivity index (χ4n) is 2.20. The Kier molecular flexibility index (Phi) is 3.86. The van der Waals surface area contributed by atoms with E-state index in [9.17, 15) is 9.18 Å². The Labute approximate surface area is 130 Å². The van der Waals surface area contributed by atoms with Crippen LogP contribution < -0.4 is 10.4 Å². The average Bonchev–Trinajstić information content (AvgIpc) is 2.45. The molecule has 5 heteroatoms. The molecule has 0 aliphatic rings. The molecule has 3 rings (SSSR count). The van der Waals surface area contributed by atoms with Crippen LogP contribution >= 0.6 is 11.6 Å². The first kappa shape index (κ1) is 14.6. The Morgan fingerprint density at radius 1 is 1.18 bits per heavy atom. The first-order chi connectivity index (χ1) is 10.5. The minimum absolute atomic E-state index is 0.135. The molecule has 112 valence electrons. The second kappa shape index (κ2) is 5.81.